The number of thiophene rings is 1. The zero-order chi connectivity index (χ0) is 24.8. The molecule has 1 atom stereocenters. The number of aryl methyl sites for hydroxylation is 2. The van der Waals surface area contributed by atoms with Gasteiger partial charge in [0.25, 0.3) is 0 Å². The Labute approximate surface area is 212 Å². The third-order valence-electron chi connectivity index (χ3n) is 6.57. The largest absolute Gasteiger partial charge is 0.494 e. The lowest BCUT2D eigenvalue weighted by Crippen LogP contribution is -2.47. The summed E-state index contributed by atoms with van der Waals surface area (Å²) in [5.74, 6) is 0.517. The molecule has 184 valence electrons. The number of nitrogens with one attached hydrogen (secondary N) is 1. The van der Waals surface area contributed by atoms with E-state index in [1.54, 1.807) is 16.2 Å². The maximum atomic E-state index is 14.0. The van der Waals surface area contributed by atoms with E-state index in [9.17, 15) is 9.59 Å². The molecule has 35 heavy (non-hydrogen) atoms. The van der Waals surface area contributed by atoms with Gasteiger partial charge in [-0.2, -0.15) is 0 Å². The standard InChI is InChI=1S/C29H34N2O3S/c1-4-34-24-16-14-22(15-17-24)28(29(33)30-23-11-5-6-12-23)31(26(32)19-25-13-8-18-35-25)27-20(2)9-7-10-21(27)3/h7-10,13-18,23,28H,4-6,11-12,19H2,1-3H3,(H,30,33). The molecule has 5 nitrogen and oxygen atoms in total. The number of carbonyl (C=O) groups is 2. The van der Waals surface area contributed by atoms with Crippen molar-refractivity contribution in [1.29, 1.82) is 0 Å². The van der Waals surface area contributed by atoms with Crippen LogP contribution in [-0.2, 0) is 16.0 Å². The SMILES string of the molecule is CCOc1ccc(C(C(=O)NC2CCCC2)N(C(=O)Cc2cccs2)c2c(C)cccc2C)cc1. The highest BCUT2D eigenvalue weighted by molar-refractivity contribution is 7.10. The number of ether oxygens (including phenoxy) is 1. The molecule has 1 fully saturated rings. The summed E-state index contributed by atoms with van der Waals surface area (Å²) >= 11 is 1.56. The van der Waals surface area contributed by atoms with Crippen LogP contribution in [0, 0.1) is 13.8 Å². The summed E-state index contributed by atoms with van der Waals surface area (Å²) in [6.45, 7) is 6.51. The van der Waals surface area contributed by atoms with Crippen LogP contribution in [0.15, 0.2) is 60.0 Å². The van der Waals surface area contributed by atoms with E-state index in [0.717, 1.165) is 58.7 Å². The molecule has 1 unspecified atom stereocenters. The summed E-state index contributed by atoms with van der Waals surface area (Å²) in [7, 11) is 0. The highest BCUT2D eigenvalue weighted by atomic mass is 32.1. The maximum absolute atomic E-state index is 14.0. The quantitative estimate of drug-likeness (QED) is 0.392. The Kier molecular flexibility index (Phi) is 8.24. The lowest BCUT2D eigenvalue weighted by atomic mass is 9.98. The van der Waals surface area contributed by atoms with Gasteiger partial charge in [-0.05, 0) is 73.9 Å². The number of benzene rings is 2. The van der Waals surface area contributed by atoms with E-state index in [1.165, 1.54) is 0 Å². The molecule has 6 heteroatoms. The molecule has 0 radical (unpaired) electrons. The number of carbonyl (C=O) groups excluding carboxylic acids is 2. The fraction of sp³-hybridized carbons (Fsp3) is 0.379. The van der Waals surface area contributed by atoms with Gasteiger partial charge in [0.1, 0.15) is 11.8 Å². The van der Waals surface area contributed by atoms with Gasteiger partial charge >= 0.3 is 0 Å². The molecule has 0 aliphatic heterocycles. The summed E-state index contributed by atoms with van der Waals surface area (Å²) in [5, 5.41) is 5.23. The first kappa shape index (κ1) is 25.0. The third kappa shape index (κ3) is 5.93. The molecule has 0 saturated heterocycles. The van der Waals surface area contributed by atoms with Crippen LogP contribution >= 0.6 is 11.3 Å². The van der Waals surface area contributed by atoms with Gasteiger partial charge in [0.15, 0.2) is 0 Å². The average Bonchev–Trinajstić information content (AvgIpc) is 3.54. The first-order valence-corrected chi connectivity index (χ1v) is 13.3. The molecule has 1 heterocycles. The van der Waals surface area contributed by atoms with Gasteiger partial charge in [-0.15, -0.1) is 11.3 Å². The molecule has 0 spiro atoms. The van der Waals surface area contributed by atoms with Gasteiger partial charge < -0.3 is 10.1 Å². The van der Waals surface area contributed by atoms with Crippen LogP contribution in [0.5, 0.6) is 5.75 Å². The predicted molar refractivity (Wildman–Crippen MR) is 142 cm³/mol. The van der Waals surface area contributed by atoms with E-state index >= 15 is 0 Å². The molecular formula is C29H34N2O3S. The summed E-state index contributed by atoms with van der Waals surface area (Å²) in [4.78, 5) is 30.6. The number of hydrogen-bond donors (Lipinski definition) is 1. The lowest BCUT2D eigenvalue weighted by Gasteiger charge is -2.34. The molecular weight excluding hydrogens is 456 g/mol. The van der Waals surface area contributed by atoms with E-state index in [4.69, 9.17) is 4.74 Å². The average molecular weight is 491 g/mol. The molecule has 1 aromatic heterocycles. The van der Waals surface area contributed by atoms with Crippen molar-refractivity contribution >= 4 is 28.8 Å². The minimum atomic E-state index is -0.779. The number of amides is 2. The number of para-hydroxylation sites is 1. The summed E-state index contributed by atoms with van der Waals surface area (Å²) < 4.78 is 5.63. The van der Waals surface area contributed by atoms with Gasteiger partial charge in [-0.1, -0.05) is 49.2 Å². The van der Waals surface area contributed by atoms with Gasteiger partial charge in [0.2, 0.25) is 11.8 Å². The van der Waals surface area contributed by atoms with E-state index in [2.05, 4.69) is 5.32 Å². The fourth-order valence-electron chi connectivity index (χ4n) is 4.91. The summed E-state index contributed by atoms with van der Waals surface area (Å²) in [6.07, 6.45) is 4.45. The Bertz CT molecular complexity index is 1110. The van der Waals surface area contributed by atoms with Crippen molar-refractivity contribution < 1.29 is 14.3 Å². The number of nitrogens with zero attached hydrogens (tertiary/aromatic N) is 1. The van der Waals surface area contributed by atoms with Crippen molar-refractivity contribution in [1.82, 2.24) is 5.32 Å². The van der Waals surface area contributed by atoms with E-state index < -0.39 is 6.04 Å². The van der Waals surface area contributed by atoms with E-state index in [-0.39, 0.29) is 24.3 Å². The highest BCUT2D eigenvalue weighted by Gasteiger charge is 2.35. The molecule has 0 bridgehead atoms. The molecule has 1 aliphatic rings. The fourth-order valence-corrected chi connectivity index (χ4v) is 5.61. The van der Waals surface area contributed by atoms with Crippen LogP contribution in [0.25, 0.3) is 0 Å². The second kappa shape index (κ2) is 11.5. The number of hydrogen-bond acceptors (Lipinski definition) is 4. The van der Waals surface area contributed by atoms with Crippen molar-refractivity contribution in [3.8, 4) is 5.75 Å². The predicted octanol–water partition coefficient (Wildman–Crippen LogP) is 6.14. The van der Waals surface area contributed by atoms with Gasteiger partial charge in [-0.25, -0.2) is 0 Å². The van der Waals surface area contributed by atoms with Crippen LogP contribution in [-0.4, -0.2) is 24.5 Å². The maximum Gasteiger partial charge on any atom is 0.248 e. The van der Waals surface area contributed by atoms with Crippen molar-refractivity contribution in [3.63, 3.8) is 0 Å². The summed E-state index contributed by atoms with van der Waals surface area (Å²) in [5.41, 5.74) is 3.50. The van der Waals surface area contributed by atoms with Crippen molar-refractivity contribution in [2.75, 3.05) is 11.5 Å². The van der Waals surface area contributed by atoms with Crippen LogP contribution < -0.4 is 15.0 Å². The second-order valence-electron chi connectivity index (χ2n) is 9.15. The van der Waals surface area contributed by atoms with Gasteiger partial charge in [0.05, 0.1) is 18.7 Å². The first-order chi connectivity index (χ1) is 17.0. The van der Waals surface area contributed by atoms with Crippen LogP contribution in [0.2, 0.25) is 0 Å². The smallest absolute Gasteiger partial charge is 0.248 e. The van der Waals surface area contributed by atoms with Crippen molar-refractivity contribution in [2.45, 2.75) is 65.0 Å². The molecule has 1 N–H and O–H groups in total. The molecule has 3 aromatic rings. The van der Waals surface area contributed by atoms with Crippen LogP contribution in [0.4, 0.5) is 5.69 Å². The molecule has 2 aromatic carbocycles. The van der Waals surface area contributed by atoms with E-state index in [0.29, 0.717) is 6.61 Å². The Balaban J connectivity index is 1.80. The molecule has 1 saturated carbocycles. The first-order valence-electron chi connectivity index (χ1n) is 12.4. The zero-order valence-electron chi connectivity index (χ0n) is 20.8. The minimum absolute atomic E-state index is 0.0923. The van der Waals surface area contributed by atoms with E-state index in [1.807, 2.05) is 80.7 Å². The van der Waals surface area contributed by atoms with Gasteiger partial charge in [0, 0.05) is 10.9 Å². The van der Waals surface area contributed by atoms with Crippen LogP contribution in [0.1, 0.15) is 60.2 Å². The second-order valence-corrected chi connectivity index (χ2v) is 10.2. The van der Waals surface area contributed by atoms with Crippen LogP contribution in [0.3, 0.4) is 0 Å². The Morgan fingerprint density at radius 1 is 1.03 bits per heavy atom. The molecule has 1 aliphatic carbocycles. The normalized spacial score (nSPS) is 14.5. The molecule has 4 rings (SSSR count). The topological polar surface area (TPSA) is 58.6 Å². The number of anilines is 1. The Morgan fingerprint density at radius 2 is 1.71 bits per heavy atom. The Morgan fingerprint density at radius 3 is 2.31 bits per heavy atom. The lowest BCUT2D eigenvalue weighted by molar-refractivity contribution is -0.127. The monoisotopic (exact) mass is 490 g/mol. The third-order valence-corrected chi connectivity index (χ3v) is 7.45. The van der Waals surface area contributed by atoms with Gasteiger partial charge in [-0.3, -0.25) is 14.5 Å². The highest BCUT2D eigenvalue weighted by Crippen LogP contribution is 2.35. The Hall–Kier alpha value is -3.12. The van der Waals surface area contributed by atoms with Crippen molar-refractivity contribution in [3.05, 3.63) is 81.5 Å². The zero-order valence-corrected chi connectivity index (χ0v) is 21.6. The number of rotatable bonds is 9. The minimum Gasteiger partial charge on any atom is -0.494 e. The summed E-state index contributed by atoms with van der Waals surface area (Å²) in [6, 6.07) is 16.8. The van der Waals surface area contributed by atoms with Crippen molar-refractivity contribution in [2.24, 2.45) is 0 Å². The molecule has 2 amide bonds.